The van der Waals surface area contributed by atoms with Gasteiger partial charge >= 0.3 is 0 Å². The summed E-state index contributed by atoms with van der Waals surface area (Å²) in [5.74, 6) is 0.354. The fourth-order valence-electron chi connectivity index (χ4n) is 3.99. The fraction of sp³-hybridized carbons (Fsp3) is 0.524. The zero-order valence-corrected chi connectivity index (χ0v) is 16.7. The smallest absolute Gasteiger partial charge is 0.248 e. The summed E-state index contributed by atoms with van der Waals surface area (Å²) >= 11 is 0. The van der Waals surface area contributed by atoms with E-state index in [2.05, 4.69) is 10.00 Å². The molecule has 0 radical (unpaired) electrons. The monoisotopic (exact) mass is 402 g/mol. The van der Waals surface area contributed by atoms with Crippen LogP contribution in [0.3, 0.4) is 0 Å². The number of carbonyl (C=O) groups is 1. The van der Waals surface area contributed by atoms with Crippen LogP contribution in [-0.2, 0) is 23.1 Å². The summed E-state index contributed by atoms with van der Waals surface area (Å²) in [5.41, 5.74) is 1.20. The standard InChI is InChI=1S/C21H27FN4O3/c1-24-18(6-9-23-24)12-25-10-7-17(8-11-25)26-13-20(29-15-21(26)27)14-28-19-4-2-16(22)3-5-19/h2-6,9,17,20H,7-8,10-15H2,1H3. The molecule has 0 N–H and O–H groups in total. The van der Waals surface area contributed by atoms with Crippen molar-refractivity contribution in [2.24, 2.45) is 7.05 Å². The molecule has 4 rings (SSSR count). The number of aryl methyl sites for hydroxylation is 1. The van der Waals surface area contributed by atoms with E-state index in [0.29, 0.717) is 18.9 Å². The van der Waals surface area contributed by atoms with Gasteiger partial charge in [0, 0.05) is 38.9 Å². The summed E-state index contributed by atoms with van der Waals surface area (Å²) in [6, 6.07) is 8.21. The third-order valence-electron chi connectivity index (χ3n) is 5.72. The first-order valence-corrected chi connectivity index (χ1v) is 10.1. The van der Waals surface area contributed by atoms with Crippen molar-refractivity contribution in [3.05, 3.63) is 48.0 Å². The van der Waals surface area contributed by atoms with Gasteiger partial charge in [-0.25, -0.2) is 4.39 Å². The molecule has 1 amide bonds. The van der Waals surface area contributed by atoms with Crippen molar-refractivity contribution in [2.45, 2.75) is 31.5 Å². The Bertz CT molecular complexity index is 818. The van der Waals surface area contributed by atoms with E-state index in [0.717, 1.165) is 32.5 Å². The van der Waals surface area contributed by atoms with Crippen LogP contribution in [-0.4, -0.2) is 70.5 Å². The topological polar surface area (TPSA) is 59.8 Å². The molecule has 2 saturated heterocycles. The largest absolute Gasteiger partial charge is 0.491 e. The molecule has 0 saturated carbocycles. The van der Waals surface area contributed by atoms with Gasteiger partial charge in [0.1, 0.15) is 30.9 Å². The Morgan fingerprint density at radius 2 is 1.97 bits per heavy atom. The molecule has 1 aromatic heterocycles. The van der Waals surface area contributed by atoms with Gasteiger partial charge in [0.05, 0.1) is 12.2 Å². The molecule has 2 aromatic rings. The van der Waals surface area contributed by atoms with Crippen LogP contribution in [0, 0.1) is 5.82 Å². The zero-order valence-electron chi connectivity index (χ0n) is 16.7. The molecule has 156 valence electrons. The van der Waals surface area contributed by atoms with E-state index >= 15 is 0 Å². The van der Waals surface area contributed by atoms with Gasteiger partial charge in [0.25, 0.3) is 0 Å². The van der Waals surface area contributed by atoms with Crippen molar-refractivity contribution in [2.75, 3.05) is 32.8 Å². The number of nitrogens with zero attached hydrogens (tertiary/aromatic N) is 4. The van der Waals surface area contributed by atoms with Crippen LogP contribution in [0.4, 0.5) is 4.39 Å². The number of benzene rings is 1. The maximum absolute atomic E-state index is 13.0. The SMILES string of the molecule is Cn1nccc1CN1CCC(N2CC(COc3ccc(F)cc3)OCC2=O)CC1. The number of likely N-dealkylation sites (tertiary alicyclic amines) is 1. The van der Waals surface area contributed by atoms with Crippen molar-refractivity contribution in [1.82, 2.24) is 19.6 Å². The molecule has 2 aliphatic heterocycles. The Balaban J connectivity index is 1.27. The molecular formula is C21H27FN4O3. The zero-order chi connectivity index (χ0) is 20.2. The quantitative estimate of drug-likeness (QED) is 0.738. The van der Waals surface area contributed by atoms with Crippen LogP contribution >= 0.6 is 0 Å². The molecule has 2 aliphatic rings. The minimum atomic E-state index is -0.294. The first kappa shape index (κ1) is 19.8. The predicted octanol–water partition coefficient (Wildman–Crippen LogP) is 1.83. The lowest BCUT2D eigenvalue weighted by Gasteiger charge is -2.42. The van der Waals surface area contributed by atoms with E-state index in [1.165, 1.54) is 17.8 Å². The number of ether oxygens (including phenoxy) is 2. The second-order valence-corrected chi connectivity index (χ2v) is 7.70. The summed E-state index contributed by atoms with van der Waals surface area (Å²) < 4.78 is 26.3. The van der Waals surface area contributed by atoms with Crippen molar-refractivity contribution < 1.29 is 18.7 Å². The van der Waals surface area contributed by atoms with Gasteiger partial charge in [-0.1, -0.05) is 0 Å². The summed E-state index contributed by atoms with van der Waals surface area (Å²) in [5, 5.41) is 4.23. The van der Waals surface area contributed by atoms with Crippen LogP contribution in [0.1, 0.15) is 18.5 Å². The molecule has 8 heteroatoms. The average Bonchev–Trinajstić information content (AvgIpc) is 3.14. The maximum atomic E-state index is 13.0. The van der Waals surface area contributed by atoms with Crippen molar-refractivity contribution in [3.8, 4) is 5.75 Å². The molecule has 29 heavy (non-hydrogen) atoms. The van der Waals surface area contributed by atoms with Crippen molar-refractivity contribution in [1.29, 1.82) is 0 Å². The molecule has 0 aliphatic carbocycles. The Labute approximate surface area is 170 Å². The molecule has 1 unspecified atom stereocenters. The van der Waals surface area contributed by atoms with Crippen molar-refractivity contribution >= 4 is 5.91 Å². The normalized spacial score (nSPS) is 21.5. The number of morpholine rings is 1. The summed E-state index contributed by atoms with van der Waals surface area (Å²) in [7, 11) is 1.96. The third kappa shape index (κ3) is 4.94. The highest BCUT2D eigenvalue weighted by molar-refractivity contribution is 5.78. The molecule has 7 nitrogen and oxygen atoms in total. The third-order valence-corrected chi connectivity index (χ3v) is 5.72. The van der Waals surface area contributed by atoms with Gasteiger partial charge < -0.3 is 14.4 Å². The van der Waals surface area contributed by atoms with Crippen LogP contribution in [0.2, 0.25) is 0 Å². The first-order valence-electron chi connectivity index (χ1n) is 10.1. The Morgan fingerprint density at radius 1 is 1.21 bits per heavy atom. The molecule has 2 fully saturated rings. The Hall–Kier alpha value is -2.45. The Morgan fingerprint density at radius 3 is 2.66 bits per heavy atom. The lowest BCUT2D eigenvalue weighted by molar-refractivity contribution is -0.155. The minimum Gasteiger partial charge on any atom is -0.491 e. The lowest BCUT2D eigenvalue weighted by atomic mass is 10.0. The van der Waals surface area contributed by atoms with Crippen LogP contribution in [0.25, 0.3) is 0 Å². The number of halogens is 1. The molecule has 0 bridgehead atoms. The molecule has 0 spiro atoms. The highest BCUT2D eigenvalue weighted by Crippen LogP contribution is 2.22. The number of hydrogen-bond acceptors (Lipinski definition) is 5. The number of piperidine rings is 1. The summed E-state index contributed by atoms with van der Waals surface area (Å²) in [4.78, 5) is 16.8. The second kappa shape index (κ2) is 8.92. The van der Waals surface area contributed by atoms with Crippen molar-refractivity contribution in [3.63, 3.8) is 0 Å². The number of carbonyl (C=O) groups excluding carboxylic acids is 1. The molecule has 3 heterocycles. The van der Waals surface area contributed by atoms with Crippen LogP contribution in [0.15, 0.2) is 36.5 Å². The highest BCUT2D eigenvalue weighted by atomic mass is 19.1. The minimum absolute atomic E-state index is 0.0492. The van der Waals surface area contributed by atoms with Crippen LogP contribution < -0.4 is 4.74 Å². The lowest BCUT2D eigenvalue weighted by Crippen LogP contribution is -2.55. The van der Waals surface area contributed by atoms with E-state index < -0.39 is 0 Å². The molecule has 1 atom stereocenters. The van der Waals surface area contributed by atoms with Gasteiger partial charge in [-0.15, -0.1) is 0 Å². The number of hydrogen-bond donors (Lipinski definition) is 0. The average molecular weight is 402 g/mol. The number of rotatable bonds is 6. The summed E-state index contributed by atoms with van der Waals surface area (Å²) in [6.07, 6.45) is 3.55. The Kier molecular flexibility index (Phi) is 6.10. The van der Waals surface area contributed by atoms with E-state index in [4.69, 9.17) is 9.47 Å². The van der Waals surface area contributed by atoms with Gasteiger partial charge in [0.15, 0.2) is 0 Å². The maximum Gasteiger partial charge on any atom is 0.248 e. The summed E-state index contributed by atoms with van der Waals surface area (Å²) in [6.45, 7) is 3.76. The van der Waals surface area contributed by atoms with E-state index in [1.807, 2.05) is 28.9 Å². The van der Waals surface area contributed by atoms with Gasteiger partial charge in [0.2, 0.25) is 5.91 Å². The molecular weight excluding hydrogens is 375 g/mol. The fourth-order valence-corrected chi connectivity index (χ4v) is 3.99. The van der Waals surface area contributed by atoms with E-state index in [1.54, 1.807) is 12.1 Å². The van der Waals surface area contributed by atoms with Gasteiger partial charge in [-0.05, 0) is 43.2 Å². The number of aromatic nitrogens is 2. The van der Waals surface area contributed by atoms with E-state index in [9.17, 15) is 9.18 Å². The van der Waals surface area contributed by atoms with Crippen LogP contribution in [0.5, 0.6) is 5.75 Å². The second-order valence-electron chi connectivity index (χ2n) is 7.70. The first-order chi connectivity index (χ1) is 14.1. The van der Waals surface area contributed by atoms with Gasteiger partial charge in [-0.3, -0.25) is 14.4 Å². The van der Waals surface area contributed by atoms with Gasteiger partial charge in [-0.2, -0.15) is 5.10 Å². The van der Waals surface area contributed by atoms with E-state index in [-0.39, 0.29) is 30.5 Å². The number of amides is 1. The predicted molar refractivity (Wildman–Crippen MR) is 105 cm³/mol. The highest BCUT2D eigenvalue weighted by Gasteiger charge is 2.33. The molecule has 1 aromatic carbocycles.